The van der Waals surface area contributed by atoms with Crippen molar-refractivity contribution in [2.45, 2.75) is 71.2 Å². The number of likely N-dealkylation sites (tertiary alicyclic amines) is 1. The van der Waals surface area contributed by atoms with E-state index in [1.165, 1.54) is 16.8 Å². The van der Waals surface area contributed by atoms with Gasteiger partial charge in [-0.15, -0.1) is 0 Å². The van der Waals surface area contributed by atoms with Gasteiger partial charge in [-0.3, -0.25) is 4.90 Å². The van der Waals surface area contributed by atoms with Crippen LogP contribution in [0.3, 0.4) is 0 Å². The van der Waals surface area contributed by atoms with E-state index in [4.69, 9.17) is 29.5 Å². The highest BCUT2D eigenvalue weighted by Crippen LogP contribution is 2.38. The van der Waals surface area contributed by atoms with Crippen molar-refractivity contribution < 1.29 is 29.3 Å². The lowest BCUT2D eigenvalue weighted by molar-refractivity contribution is -0.159. The summed E-state index contributed by atoms with van der Waals surface area (Å²) in [5.41, 5.74) is 6.59. The van der Waals surface area contributed by atoms with Gasteiger partial charge in [0.25, 0.3) is 0 Å². The fourth-order valence-electron chi connectivity index (χ4n) is 6.35. The number of benzene rings is 2. The van der Waals surface area contributed by atoms with Crippen LogP contribution in [0.4, 0.5) is 10.5 Å². The molecule has 0 bridgehead atoms. The third-order valence-electron chi connectivity index (χ3n) is 8.88. The molecule has 1 unspecified atom stereocenters. The average Bonchev–Trinajstić information content (AvgIpc) is 3.51. The summed E-state index contributed by atoms with van der Waals surface area (Å²) < 4.78 is 9.26. The Bertz CT molecular complexity index is 1540. The molecule has 0 radical (unpaired) electrons. The highest BCUT2D eigenvalue weighted by Gasteiger charge is 2.36. The maximum absolute atomic E-state index is 13.1. The Kier molecular flexibility index (Phi) is 9.31. The molecule has 2 saturated heterocycles. The molecule has 3 aromatic rings. The van der Waals surface area contributed by atoms with Gasteiger partial charge >= 0.3 is 18.0 Å². The number of amides is 2. The highest BCUT2D eigenvalue weighted by atomic mass is 16.5. The van der Waals surface area contributed by atoms with Crippen molar-refractivity contribution in [2.24, 2.45) is 0 Å². The largest absolute Gasteiger partial charge is 0.473 e. The molecule has 45 heavy (non-hydrogen) atoms. The van der Waals surface area contributed by atoms with Crippen LogP contribution in [0, 0.1) is 6.92 Å². The zero-order valence-corrected chi connectivity index (χ0v) is 26.7. The zero-order valence-electron chi connectivity index (χ0n) is 26.7. The third kappa shape index (κ3) is 6.89. The van der Waals surface area contributed by atoms with E-state index in [1.807, 2.05) is 9.80 Å². The quantitative estimate of drug-likeness (QED) is 0.399. The molecule has 2 aromatic carbocycles. The van der Waals surface area contributed by atoms with Gasteiger partial charge in [0, 0.05) is 55.2 Å². The fraction of sp³-hybridized carbons (Fsp3) is 0.471. The second-order valence-corrected chi connectivity index (χ2v) is 12.9. The number of nitrogens with zero attached hydrogens (tertiary/aromatic N) is 5. The molecule has 3 aliphatic heterocycles. The Balaban J connectivity index is 0.000000609. The monoisotopic (exact) mass is 617 g/mol. The van der Waals surface area contributed by atoms with Crippen LogP contribution in [-0.2, 0) is 27.3 Å². The maximum atomic E-state index is 13.1. The molecule has 0 aliphatic carbocycles. The minimum Gasteiger partial charge on any atom is -0.473 e. The van der Waals surface area contributed by atoms with Crippen LogP contribution in [0.5, 0.6) is 0 Å². The number of aromatic nitrogens is 2. The molecule has 240 valence electrons. The summed E-state index contributed by atoms with van der Waals surface area (Å²) in [7, 11) is 2.19. The number of aryl methyl sites for hydroxylation is 1. The minimum absolute atomic E-state index is 0.0766. The normalized spacial score (nSPS) is 19.0. The summed E-state index contributed by atoms with van der Waals surface area (Å²) in [5.74, 6) is -2.64. The molecule has 0 saturated carbocycles. The molecule has 1 atom stereocenters. The van der Waals surface area contributed by atoms with Gasteiger partial charge in [-0.05, 0) is 77.3 Å². The smallest absolute Gasteiger partial charge is 0.414 e. The van der Waals surface area contributed by atoms with E-state index in [-0.39, 0.29) is 23.8 Å². The van der Waals surface area contributed by atoms with Crippen LogP contribution < -0.4 is 4.90 Å². The van der Waals surface area contributed by atoms with Crippen LogP contribution >= 0.6 is 0 Å². The average molecular weight is 618 g/mol. The molecule has 0 spiro atoms. The second-order valence-electron chi connectivity index (χ2n) is 12.9. The minimum atomic E-state index is -1.82. The van der Waals surface area contributed by atoms with E-state index in [2.05, 4.69) is 92.7 Å². The molecular weight excluding hydrogens is 574 g/mol. The number of aliphatic carboxylic acids is 2. The molecule has 4 heterocycles. The number of carboxylic acid groups (broad SMARTS) is 2. The van der Waals surface area contributed by atoms with Crippen LogP contribution in [-0.4, -0.2) is 92.4 Å². The van der Waals surface area contributed by atoms with Gasteiger partial charge in [-0.1, -0.05) is 36.4 Å². The van der Waals surface area contributed by atoms with Crippen molar-refractivity contribution in [3.05, 3.63) is 71.2 Å². The molecule has 2 fully saturated rings. The third-order valence-corrected chi connectivity index (χ3v) is 8.88. The number of carbonyl (C=O) groups excluding carboxylic acids is 1. The number of imidazole rings is 1. The van der Waals surface area contributed by atoms with Crippen molar-refractivity contribution in [2.75, 3.05) is 38.1 Å². The number of hydrogen-bond acceptors (Lipinski definition) is 6. The summed E-state index contributed by atoms with van der Waals surface area (Å²) in [6.07, 6.45) is 3.12. The lowest BCUT2D eigenvalue weighted by Crippen LogP contribution is -2.44. The van der Waals surface area contributed by atoms with E-state index in [9.17, 15) is 4.79 Å². The number of piperidine rings is 1. The summed E-state index contributed by atoms with van der Waals surface area (Å²) in [4.78, 5) is 42.7. The standard InChI is InChI=1S/C32H41N5O2.C2H2O4/c1-22-28(24-10-12-25(13-11-24)36-20-21-37(31(36)38)32(2,3)4)33-30-29(39-26-15-17-34(5)18-16-26)27-9-7-6-8-23(27)14-19-35(22)30;3-1(4)2(5)6/h6-13,26,29H,14-21H2,1-5H3;(H,3,4)(H,5,6). The van der Waals surface area contributed by atoms with Crippen LogP contribution in [0.15, 0.2) is 48.5 Å². The Morgan fingerprint density at radius 3 is 2.16 bits per heavy atom. The Hall–Kier alpha value is -4.22. The molecule has 1 aromatic heterocycles. The molecular formula is C34H43N5O6. The van der Waals surface area contributed by atoms with E-state index >= 15 is 0 Å². The summed E-state index contributed by atoms with van der Waals surface area (Å²) in [5, 5.41) is 14.8. The van der Waals surface area contributed by atoms with Gasteiger partial charge in [0.15, 0.2) is 0 Å². The van der Waals surface area contributed by atoms with Crippen molar-refractivity contribution in [1.82, 2.24) is 19.4 Å². The first-order valence-corrected chi connectivity index (χ1v) is 15.5. The van der Waals surface area contributed by atoms with E-state index < -0.39 is 11.9 Å². The summed E-state index contributed by atoms with van der Waals surface area (Å²) in [6, 6.07) is 17.1. The molecule has 11 nitrogen and oxygen atoms in total. The van der Waals surface area contributed by atoms with E-state index in [1.54, 1.807) is 0 Å². The number of urea groups is 1. The zero-order chi connectivity index (χ0) is 32.5. The Morgan fingerprint density at radius 1 is 0.911 bits per heavy atom. The molecule has 6 rings (SSSR count). The first-order chi connectivity index (χ1) is 21.3. The van der Waals surface area contributed by atoms with Gasteiger partial charge in [0.2, 0.25) is 0 Å². The number of carboxylic acids is 2. The summed E-state index contributed by atoms with van der Waals surface area (Å²) in [6.45, 7) is 12.9. The van der Waals surface area contributed by atoms with Crippen molar-refractivity contribution in [3.63, 3.8) is 0 Å². The fourth-order valence-corrected chi connectivity index (χ4v) is 6.35. The van der Waals surface area contributed by atoms with Crippen molar-refractivity contribution in [1.29, 1.82) is 0 Å². The molecule has 3 aliphatic rings. The van der Waals surface area contributed by atoms with Gasteiger partial charge < -0.3 is 29.3 Å². The van der Waals surface area contributed by atoms with Crippen molar-refractivity contribution >= 4 is 23.7 Å². The van der Waals surface area contributed by atoms with Crippen LogP contribution in [0.25, 0.3) is 11.3 Å². The van der Waals surface area contributed by atoms with Gasteiger partial charge in [0.1, 0.15) is 11.9 Å². The van der Waals surface area contributed by atoms with Gasteiger partial charge in [-0.25, -0.2) is 19.4 Å². The van der Waals surface area contributed by atoms with Crippen LogP contribution in [0.2, 0.25) is 0 Å². The Morgan fingerprint density at radius 2 is 1.56 bits per heavy atom. The van der Waals surface area contributed by atoms with Gasteiger partial charge in [-0.2, -0.15) is 0 Å². The predicted octanol–water partition coefficient (Wildman–Crippen LogP) is 4.81. The van der Waals surface area contributed by atoms with Crippen LogP contribution in [0.1, 0.15) is 62.4 Å². The predicted molar refractivity (Wildman–Crippen MR) is 170 cm³/mol. The molecule has 11 heteroatoms. The number of rotatable bonds is 4. The van der Waals surface area contributed by atoms with E-state index in [0.29, 0.717) is 6.54 Å². The lowest BCUT2D eigenvalue weighted by atomic mass is 10.00. The number of ether oxygens (including phenoxy) is 1. The first kappa shape index (κ1) is 32.2. The molecule has 2 amide bonds. The lowest BCUT2D eigenvalue weighted by Gasteiger charge is -2.32. The molecule has 2 N–H and O–H groups in total. The second kappa shape index (κ2) is 13.0. The topological polar surface area (TPSA) is 128 Å². The summed E-state index contributed by atoms with van der Waals surface area (Å²) >= 11 is 0. The number of anilines is 1. The van der Waals surface area contributed by atoms with Gasteiger partial charge in [0.05, 0.1) is 11.8 Å². The SMILES string of the molecule is Cc1c(-c2ccc(N3CCN(C(C)(C)C)C3=O)cc2)nc2n1CCc1ccccc1C2OC1CCN(C)CC1.O=C(O)C(=O)O. The number of hydrogen-bond donors (Lipinski definition) is 2. The highest BCUT2D eigenvalue weighted by molar-refractivity contribution is 6.27. The Labute approximate surface area is 264 Å². The van der Waals surface area contributed by atoms with E-state index in [0.717, 1.165) is 68.2 Å². The first-order valence-electron chi connectivity index (χ1n) is 15.5. The number of fused-ring (bicyclic) bond motifs is 2. The number of carbonyl (C=O) groups is 3. The van der Waals surface area contributed by atoms with Crippen molar-refractivity contribution in [3.8, 4) is 11.3 Å². The maximum Gasteiger partial charge on any atom is 0.414 e.